The van der Waals surface area contributed by atoms with E-state index in [1.54, 1.807) is 18.2 Å². The van der Waals surface area contributed by atoms with Crippen LogP contribution in [-0.2, 0) is 24.3 Å². The average molecular weight is 447 g/mol. The molecule has 1 amide bonds. The predicted molar refractivity (Wildman–Crippen MR) is 115 cm³/mol. The van der Waals surface area contributed by atoms with Crippen LogP contribution in [0.1, 0.15) is 51.4 Å². The number of nitrogens with zero attached hydrogens (tertiary/aromatic N) is 1. The first-order chi connectivity index (χ1) is 14.8. The zero-order chi connectivity index (χ0) is 21.8. The first-order valence-electron chi connectivity index (χ1n) is 11.3. The van der Waals surface area contributed by atoms with Gasteiger partial charge in [0.25, 0.3) is 0 Å². The summed E-state index contributed by atoms with van der Waals surface area (Å²) in [6.45, 7) is 0.263. The minimum atomic E-state index is -3.96. The van der Waals surface area contributed by atoms with E-state index in [4.69, 9.17) is 4.74 Å². The highest BCUT2D eigenvalue weighted by Crippen LogP contribution is 2.60. The lowest BCUT2D eigenvalue weighted by Crippen LogP contribution is -2.51. The van der Waals surface area contributed by atoms with E-state index in [-0.39, 0.29) is 22.8 Å². The van der Waals surface area contributed by atoms with Crippen LogP contribution < -0.4 is 5.32 Å². The Morgan fingerprint density at radius 3 is 2.29 bits per heavy atom. The molecule has 1 N–H and O–H groups in total. The molecule has 1 aliphatic heterocycles. The van der Waals surface area contributed by atoms with Gasteiger partial charge in [0.2, 0.25) is 15.9 Å². The Hall–Kier alpha value is -1.93. The van der Waals surface area contributed by atoms with Crippen molar-refractivity contribution < 1.29 is 22.7 Å². The smallest absolute Gasteiger partial charge is 0.324 e. The normalized spacial score (nSPS) is 34.6. The lowest BCUT2D eigenvalue weighted by molar-refractivity contribution is -0.144. The van der Waals surface area contributed by atoms with Crippen molar-refractivity contribution in [3.05, 3.63) is 24.3 Å². The molecule has 1 atom stereocenters. The molecule has 5 fully saturated rings. The van der Waals surface area contributed by atoms with Gasteiger partial charge in [0.1, 0.15) is 10.9 Å². The monoisotopic (exact) mass is 446 g/mol. The summed E-state index contributed by atoms with van der Waals surface area (Å²) in [5.74, 6) is 1.29. The standard InChI is InChI=1S/C23H30N2O5S/c1-30-21(26)19-6-4-8-25(19)31(28,29)20-7-3-2-5-18(20)24-22(27)23-12-15-9-16(13-23)11-17(10-15)14-23/h2-3,5,7,15-17,19H,4,6,8-14H2,1H3,(H,24,27). The molecular formula is C23H30N2O5S. The molecule has 4 bridgehead atoms. The van der Waals surface area contributed by atoms with E-state index in [0.29, 0.717) is 36.3 Å². The number of methoxy groups -OCH3 is 1. The SMILES string of the molecule is COC(=O)C1CCCN1S(=O)(=O)c1ccccc1NC(=O)C12CC3CC(CC(C3)C1)C2. The molecule has 1 saturated heterocycles. The van der Waals surface area contributed by atoms with Gasteiger partial charge in [-0.05, 0) is 81.3 Å². The molecule has 4 aliphatic carbocycles. The number of sulfonamides is 1. The van der Waals surface area contributed by atoms with Gasteiger partial charge in [-0.2, -0.15) is 4.31 Å². The maximum atomic E-state index is 13.5. The Balaban J connectivity index is 1.42. The number of benzene rings is 1. The van der Waals surface area contributed by atoms with Gasteiger partial charge in [0, 0.05) is 6.54 Å². The second kappa shape index (κ2) is 7.59. The Bertz CT molecular complexity index is 970. The predicted octanol–water partition coefficient (Wildman–Crippen LogP) is 3.17. The molecular weight excluding hydrogens is 416 g/mol. The fourth-order valence-corrected chi connectivity index (χ4v) is 8.76. The molecule has 31 heavy (non-hydrogen) atoms. The van der Waals surface area contributed by atoms with Crippen molar-refractivity contribution in [2.45, 2.75) is 62.3 Å². The number of carbonyl (C=O) groups is 2. The summed E-state index contributed by atoms with van der Waals surface area (Å²) in [6, 6.07) is 5.72. The number of anilines is 1. The second-order valence-electron chi connectivity index (χ2n) is 9.95. The average Bonchev–Trinajstić information content (AvgIpc) is 3.23. The van der Waals surface area contributed by atoms with Crippen LogP contribution in [0, 0.1) is 23.2 Å². The minimum absolute atomic E-state index is 0.0415. The van der Waals surface area contributed by atoms with Crippen LogP contribution in [0.3, 0.4) is 0 Å². The van der Waals surface area contributed by atoms with E-state index in [2.05, 4.69) is 5.32 Å². The number of hydrogen-bond donors (Lipinski definition) is 1. The Morgan fingerprint density at radius 2 is 1.68 bits per heavy atom. The van der Waals surface area contributed by atoms with Crippen molar-refractivity contribution >= 4 is 27.6 Å². The van der Waals surface area contributed by atoms with Crippen molar-refractivity contribution in [1.82, 2.24) is 4.31 Å². The molecule has 5 aliphatic rings. The molecule has 168 valence electrons. The van der Waals surface area contributed by atoms with Crippen LogP contribution in [0.15, 0.2) is 29.2 Å². The number of nitrogens with one attached hydrogen (secondary N) is 1. The van der Waals surface area contributed by atoms with Crippen molar-refractivity contribution in [3.8, 4) is 0 Å². The Labute approximate surface area is 183 Å². The van der Waals surface area contributed by atoms with E-state index < -0.39 is 22.0 Å². The van der Waals surface area contributed by atoms with Crippen LogP contribution in [0.4, 0.5) is 5.69 Å². The molecule has 1 unspecified atom stereocenters. The molecule has 0 aromatic heterocycles. The molecule has 1 aromatic carbocycles. The highest BCUT2D eigenvalue weighted by Gasteiger charge is 2.54. The molecule has 1 heterocycles. The molecule has 7 nitrogen and oxygen atoms in total. The van der Waals surface area contributed by atoms with Gasteiger partial charge in [-0.1, -0.05) is 12.1 Å². The maximum absolute atomic E-state index is 13.5. The van der Waals surface area contributed by atoms with Gasteiger partial charge in [-0.3, -0.25) is 9.59 Å². The van der Waals surface area contributed by atoms with Gasteiger partial charge in [-0.15, -0.1) is 0 Å². The van der Waals surface area contributed by atoms with E-state index in [9.17, 15) is 18.0 Å². The number of para-hydroxylation sites is 1. The quantitative estimate of drug-likeness (QED) is 0.702. The Morgan fingerprint density at radius 1 is 1.06 bits per heavy atom. The molecule has 0 radical (unpaired) electrons. The van der Waals surface area contributed by atoms with E-state index >= 15 is 0 Å². The zero-order valence-electron chi connectivity index (χ0n) is 17.9. The van der Waals surface area contributed by atoms with E-state index in [1.165, 1.54) is 36.7 Å². The van der Waals surface area contributed by atoms with Crippen LogP contribution in [0.2, 0.25) is 0 Å². The molecule has 8 heteroatoms. The van der Waals surface area contributed by atoms with Crippen molar-refractivity contribution in [3.63, 3.8) is 0 Å². The van der Waals surface area contributed by atoms with E-state index in [1.807, 2.05) is 0 Å². The summed E-state index contributed by atoms with van der Waals surface area (Å²) in [6.07, 6.45) is 7.49. The number of amides is 1. The largest absolute Gasteiger partial charge is 0.468 e. The van der Waals surface area contributed by atoms with Crippen molar-refractivity contribution in [2.75, 3.05) is 19.0 Å². The maximum Gasteiger partial charge on any atom is 0.324 e. The van der Waals surface area contributed by atoms with Crippen LogP contribution in [0.5, 0.6) is 0 Å². The highest BCUT2D eigenvalue weighted by molar-refractivity contribution is 7.89. The first kappa shape index (κ1) is 20.9. The number of esters is 1. The Kier molecular flexibility index (Phi) is 5.13. The van der Waals surface area contributed by atoms with Crippen molar-refractivity contribution in [2.24, 2.45) is 23.2 Å². The third kappa shape index (κ3) is 3.48. The topological polar surface area (TPSA) is 92.8 Å². The zero-order valence-corrected chi connectivity index (χ0v) is 18.7. The van der Waals surface area contributed by atoms with Crippen molar-refractivity contribution in [1.29, 1.82) is 0 Å². The van der Waals surface area contributed by atoms with E-state index in [0.717, 1.165) is 19.3 Å². The van der Waals surface area contributed by atoms with Gasteiger partial charge in [0.05, 0.1) is 18.2 Å². The lowest BCUT2D eigenvalue weighted by Gasteiger charge is -2.55. The fourth-order valence-electron chi connectivity index (χ4n) is 6.96. The summed E-state index contributed by atoms with van der Waals surface area (Å²) in [5.41, 5.74) is -0.0628. The summed E-state index contributed by atoms with van der Waals surface area (Å²) in [5, 5.41) is 2.99. The summed E-state index contributed by atoms with van der Waals surface area (Å²) >= 11 is 0. The van der Waals surface area contributed by atoms with Crippen LogP contribution >= 0.6 is 0 Å². The number of ether oxygens (including phenoxy) is 1. The van der Waals surface area contributed by atoms with Crippen LogP contribution in [-0.4, -0.2) is 44.3 Å². The fraction of sp³-hybridized carbons (Fsp3) is 0.652. The second-order valence-corrected chi connectivity index (χ2v) is 11.8. The lowest BCUT2D eigenvalue weighted by atomic mass is 9.49. The molecule has 0 spiro atoms. The molecule has 4 saturated carbocycles. The number of hydrogen-bond acceptors (Lipinski definition) is 5. The third-order valence-electron chi connectivity index (χ3n) is 7.92. The van der Waals surface area contributed by atoms with Gasteiger partial charge in [0.15, 0.2) is 0 Å². The highest BCUT2D eigenvalue weighted by atomic mass is 32.2. The molecule has 6 rings (SSSR count). The first-order valence-corrected chi connectivity index (χ1v) is 12.8. The van der Waals surface area contributed by atoms with Crippen LogP contribution in [0.25, 0.3) is 0 Å². The minimum Gasteiger partial charge on any atom is -0.468 e. The summed E-state index contributed by atoms with van der Waals surface area (Å²) in [7, 11) is -2.69. The van der Waals surface area contributed by atoms with Gasteiger partial charge < -0.3 is 10.1 Å². The number of rotatable bonds is 5. The summed E-state index contributed by atoms with van der Waals surface area (Å²) < 4.78 is 33.0. The third-order valence-corrected chi connectivity index (χ3v) is 9.89. The van der Waals surface area contributed by atoms with Gasteiger partial charge >= 0.3 is 5.97 Å². The molecule has 1 aromatic rings. The van der Waals surface area contributed by atoms with Gasteiger partial charge in [-0.25, -0.2) is 8.42 Å². The number of carbonyl (C=O) groups excluding carboxylic acids is 2. The summed E-state index contributed by atoms with van der Waals surface area (Å²) in [4.78, 5) is 25.7.